The molecule has 18 heavy (non-hydrogen) atoms. The second kappa shape index (κ2) is 7.24. The van der Waals surface area contributed by atoms with Crippen LogP contribution in [0.15, 0.2) is 36.4 Å². The first-order chi connectivity index (χ1) is 8.67. The zero-order valence-corrected chi connectivity index (χ0v) is 10.00. The molecular formula is C13H15NO4. The average Bonchev–Trinajstić information content (AvgIpc) is 2.42. The third kappa shape index (κ3) is 4.39. The van der Waals surface area contributed by atoms with Gasteiger partial charge in [-0.1, -0.05) is 30.3 Å². The first-order valence-corrected chi connectivity index (χ1v) is 5.39. The summed E-state index contributed by atoms with van der Waals surface area (Å²) in [6.45, 7) is -0.502. The third-order valence-electron chi connectivity index (χ3n) is 2.21. The van der Waals surface area contributed by atoms with Crippen molar-refractivity contribution in [1.82, 2.24) is 5.32 Å². The number of carbonyl (C=O) groups excluding carboxylic acids is 2. The Kier molecular flexibility index (Phi) is 5.60. The molecule has 0 saturated carbocycles. The molecule has 1 atom stereocenters. The van der Waals surface area contributed by atoms with Gasteiger partial charge in [-0.25, -0.2) is 4.79 Å². The van der Waals surface area contributed by atoms with Crippen LogP contribution in [0.1, 0.15) is 5.56 Å². The summed E-state index contributed by atoms with van der Waals surface area (Å²) >= 11 is 0. The SMILES string of the molecule is COC(=O)[C@H](CO)NC(=O)C=Cc1ccccc1. The van der Waals surface area contributed by atoms with E-state index in [2.05, 4.69) is 10.1 Å². The standard InChI is InChI=1S/C13H15NO4/c1-18-13(17)11(9-15)14-12(16)8-7-10-5-3-2-4-6-10/h2-8,11,15H,9H2,1H3,(H,14,16)/t11-/m0/s1. The maximum atomic E-state index is 11.5. The normalized spacial score (nSPS) is 12.1. The Labute approximate surface area is 105 Å². The predicted molar refractivity (Wildman–Crippen MR) is 66.5 cm³/mol. The number of carbonyl (C=O) groups is 2. The summed E-state index contributed by atoms with van der Waals surface area (Å²) in [5, 5.41) is 11.3. The lowest BCUT2D eigenvalue weighted by Crippen LogP contribution is -2.43. The maximum absolute atomic E-state index is 11.5. The van der Waals surface area contributed by atoms with E-state index < -0.39 is 24.5 Å². The average molecular weight is 249 g/mol. The van der Waals surface area contributed by atoms with E-state index in [1.165, 1.54) is 13.2 Å². The van der Waals surface area contributed by atoms with E-state index in [9.17, 15) is 9.59 Å². The van der Waals surface area contributed by atoms with Gasteiger partial charge in [0.1, 0.15) is 0 Å². The fourth-order valence-corrected chi connectivity index (χ4v) is 1.28. The van der Waals surface area contributed by atoms with Gasteiger partial charge < -0.3 is 15.2 Å². The number of aliphatic hydroxyl groups is 1. The quantitative estimate of drug-likeness (QED) is 0.583. The van der Waals surface area contributed by atoms with Gasteiger partial charge in [0.05, 0.1) is 13.7 Å². The molecule has 0 fully saturated rings. The van der Waals surface area contributed by atoms with Crippen LogP contribution in [0.3, 0.4) is 0 Å². The molecule has 0 aliphatic heterocycles. The molecule has 96 valence electrons. The van der Waals surface area contributed by atoms with Gasteiger partial charge in [-0.05, 0) is 11.6 Å². The van der Waals surface area contributed by atoms with Crippen molar-refractivity contribution in [3.8, 4) is 0 Å². The van der Waals surface area contributed by atoms with Crippen molar-refractivity contribution in [2.24, 2.45) is 0 Å². The van der Waals surface area contributed by atoms with Crippen LogP contribution in [0.2, 0.25) is 0 Å². The first kappa shape index (κ1) is 13.9. The summed E-state index contributed by atoms with van der Waals surface area (Å²) in [6, 6.07) is 8.21. The lowest BCUT2D eigenvalue weighted by atomic mass is 10.2. The molecule has 0 unspecified atom stereocenters. The second-order valence-electron chi connectivity index (χ2n) is 3.51. The fourth-order valence-electron chi connectivity index (χ4n) is 1.28. The number of methoxy groups -OCH3 is 1. The van der Waals surface area contributed by atoms with Crippen LogP contribution in [0.4, 0.5) is 0 Å². The highest BCUT2D eigenvalue weighted by atomic mass is 16.5. The van der Waals surface area contributed by atoms with Gasteiger partial charge in [-0.3, -0.25) is 4.79 Å². The van der Waals surface area contributed by atoms with Gasteiger partial charge >= 0.3 is 5.97 Å². The highest BCUT2D eigenvalue weighted by Gasteiger charge is 2.18. The predicted octanol–water partition coefficient (Wildman–Crippen LogP) is 0.350. The Balaban J connectivity index is 2.56. The number of ether oxygens (including phenoxy) is 1. The molecule has 0 heterocycles. The van der Waals surface area contributed by atoms with E-state index >= 15 is 0 Å². The number of aliphatic hydroxyl groups excluding tert-OH is 1. The molecule has 0 radical (unpaired) electrons. The van der Waals surface area contributed by atoms with Crippen molar-refractivity contribution in [3.63, 3.8) is 0 Å². The topological polar surface area (TPSA) is 75.6 Å². The summed E-state index contributed by atoms with van der Waals surface area (Å²) in [5.41, 5.74) is 0.867. The summed E-state index contributed by atoms with van der Waals surface area (Å²) in [4.78, 5) is 22.6. The van der Waals surface area contributed by atoms with E-state index in [0.29, 0.717) is 0 Å². The van der Waals surface area contributed by atoms with Crippen LogP contribution in [-0.2, 0) is 14.3 Å². The molecule has 0 bridgehead atoms. The van der Waals surface area contributed by atoms with E-state index in [-0.39, 0.29) is 0 Å². The van der Waals surface area contributed by atoms with Gasteiger partial charge in [-0.15, -0.1) is 0 Å². The smallest absolute Gasteiger partial charge is 0.330 e. The zero-order chi connectivity index (χ0) is 13.4. The lowest BCUT2D eigenvalue weighted by molar-refractivity contribution is -0.145. The number of nitrogens with one attached hydrogen (secondary N) is 1. The maximum Gasteiger partial charge on any atom is 0.330 e. The Morgan fingerprint density at radius 3 is 2.61 bits per heavy atom. The van der Waals surface area contributed by atoms with E-state index in [4.69, 9.17) is 5.11 Å². The van der Waals surface area contributed by atoms with Gasteiger partial charge in [0.15, 0.2) is 6.04 Å². The molecule has 1 aromatic carbocycles. The summed E-state index contributed by atoms with van der Waals surface area (Å²) in [5.74, 6) is -1.15. The van der Waals surface area contributed by atoms with Crippen molar-refractivity contribution in [1.29, 1.82) is 0 Å². The molecule has 0 aliphatic carbocycles. The fraction of sp³-hybridized carbons (Fsp3) is 0.231. The molecule has 2 N–H and O–H groups in total. The second-order valence-corrected chi connectivity index (χ2v) is 3.51. The van der Waals surface area contributed by atoms with Crippen molar-refractivity contribution in [2.45, 2.75) is 6.04 Å². The number of hydrogen-bond acceptors (Lipinski definition) is 4. The molecule has 1 rings (SSSR count). The molecule has 5 heteroatoms. The van der Waals surface area contributed by atoms with Gasteiger partial charge in [0.2, 0.25) is 5.91 Å². The Hall–Kier alpha value is -2.14. The molecule has 0 aromatic heterocycles. The number of hydrogen-bond donors (Lipinski definition) is 2. The third-order valence-corrected chi connectivity index (χ3v) is 2.21. The lowest BCUT2D eigenvalue weighted by Gasteiger charge is -2.11. The minimum Gasteiger partial charge on any atom is -0.467 e. The molecule has 0 spiro atoms. The highest BCUT2D eigenvalue weighted by molar-refractivity contribution is 5.94. The summed E-state index contributed by atoms with van der Waals surface area (Å²) in [7, 11) is 1.19. The van der Waals surface area contributed by atoms with Crippen molar-refractivity contribution < 1.29 is 19.4 Å². The van der Waals surface area contributed by atoms with Crippen LogP contribution >= 0.6 is 0 Å². The molecular weight excluding hydrogens is 234 g/mol. The van der Waals surface area contributed by atoms with Gasteiger partial charge in [-0.2, -0.15) is 0 Å². The highest BCUT2D eigenvalue weighted by Crippen LogP contribution is 2.00. The number of amides is 1. The largest absolute Gasteiger partial charge is 0.467 e. The summed E-state index contributed by atoms with van der Waals surface area (Å²) < 4.78 is 4.43. The zero-order valence-electron chi connectivity index (χ0n) is 10.00. The minimum atomic E-state index is -1.04. The first-order valence-electron chi connectivity index (χ1n) is 5.39. The van der Waals surface area contributed by atoms with E-state index in [0.717, 1.165) is 5.56 Å². The van der Waals surface area contributed by atoms with Crippen LogP contribution in [0.25, 0.3) is 6.08 Å². The van der Waals surface area contributed by atoms with Gasteiger partial charge in [0.25, 0.3) is 0 Å². The molecule has 1 amide bonds. The molecule has 0 saturated heterocycles. The molecule has 5 nitrogen and oxygen atoms in total. The summed E-state index contributed by atoms with van der Waals surface area (Å²) in [6.07, 6.45) is 2.90. The van der Waals surface area contributed by atoms with Crippen molar-refractivity contribution >= 4 is 18.0 Å². The molecule has 0 aliphatic rings. The molecule has 1 aromatic rings. The van der Waals surface area contributed by atoms with Gasteiger partial charge in [0, 0.05) is 6.08 Å². The number of esters is 1. The van der Waals surface area contributed by atoms with Crippen molar-refractivity contribution in [2.75, 3.05) is 13.7 Å². The van der Waals surface area contributed by atoms with Crippen LogP contribution in [0, 0.1) is 0 Å². The Bertz CT molecular complexity index is 428. The minimum absolute atomic E-state index is 0.469. The van der Waals surface area contributed by atoms with E-state index in [1.54, 1.807) is 6.08 Å². The van der Waals surface area contributed by atoms with Crippen LogP contribution in [0.5, 0.6) is 0 Å². The van der Waals surface area contributed by atoms with Crippen LogP contribution in [-0.4, -0.2) is 36.7 Å². The monoisotopic (exact) mass is 249 g/mol. The van der Waals surface area contributed by atoms with E-state index in [1.807, 2.05) is 30.3 Å². The van der Waals surface area contributed by atoms with Crippen LogP contribution < -0.4 is 5.32 Å². The number of benzene rings is 1. The number of rotatable bonds is 5. The van der Waals surface area contributed by atoms with Crippen molar-refractivity contribution in [3.05, 3.63) is 42.0 Å². The Morgan fingerprint density at radius 2 is 2.06 bits per heavy atom. The Morgan fingerprint density at radius 1 is 1.39 bits per heavy atom.